The quantitative estimate of drug-likeness (QED) is 0.747. The van der Waals surface area contributed by atoms with E-state index in [0.717, 1.165) is 10.5 Å². The van der Waals surface area contributed by atoms with Crippen LogP contribution in [0, 0.1) is 6.92 Å². The number of carbonyl (C=O) groups excluding carboxylic acids is 3. The third-order valence-corrected chi connectivity index (χ3v) is 4.66. The maximum Gasteiger partial charge on any atom is 0.325 e. The van der Waals surface area contributed by atoms with E-state index in [2.05, 4.69) is 15.6 Å². The molecule has 2 aromatic rings. The van der Waals surface area contributed by atoms with E-state index < -0.39 is 17.5 Å². The predicted octanol–water partition coefficient (Wildman–Crippen LogP) is 1.16. The normalized spacial score (nSPS) is 20.5. The van der Waals surface area contributed by atoms with Crippen LogP contribution in [0.25, 0.3) is 0 Å². The Hall–Kier alpha value is -3.16. The number of hydrogen-bond acceptors (Lipinski definition) is 4. The molecule has 2 heterocycles. The summed E-state index contributed by atoms with van der Waals surface area (Å²) in [5, 5.41) is 5.51. The fourth-order valence-electron chi connectivity index (χ4n) is 3.14. The first-order valence-electron chi connectivity index (χ1n) is 8.76. The third-order valence-electron chi connectivity index (χ3n) is 4.66. The van der Waals surface area contributed by atoms with Crippen LogP contribution in [0.15, 0.2) is 43.0 Å². The fourth-order valence-corrected chi connectivity index (χ4v) is 3.14. The molecule has 4 amide bonds. The Balaban J connectivity index is 1.64. The van der Waals surface area contributed by atoms with Gasteiger partial charge in [0, 0.05) is 25.0 Å². The van der Waals surface area contributed by atoms with Gasteiger partial charge in [-0.25, -0.2) is 9.78 Å². The topological polar surface area (TPSA) is 96.3 Å². The molecule has 0 aliphatic carbocycles. The zero-order valence-corrected chi connectivity index (χ0v) is 15.6. The summed E-state index contributed by atoms with van der Waals surface area (Å²) in [6, 6.07) is 6.64. The minimum atomic E-state index is -1.17. The van der Waals surface area contributed by atoms with E-state index in [-0.39, 0.29) is 18.5 Å². The molecule has 1 aromatic heterocycles. The number of hydrogen-bond donors (Lipinski definition) is 2. The molecule has 27 heavy (non-hydrogen) atoms. The lowest BCUT2D eigenvalue weighted by atomic mass is 9.91. The molecule has 142 valence electrons. The van der Waals surface area contributed by atoms with Gasteiger partial charge in [-0.3, -0.25) is 14.5 Å². The lowest BCUT2D eigenvalue weighted by molar-refractivity contribution is -0.135. The highest BCUT2D eigenvalue weighted by molar-refractivity contribution is 6.09. The first kappa shape index (κ1) is 18.6. The molecule has 1 saturated heterocycles. The van der Waals surface area contributed by atoms with E-state index in [1.165, 1.54) is 0 Å². The van der Waals surface area contributed by atoms with Crippen molar-refractivity contribution in [2.45, 2.75) is 38.9 Å². The fraction of sp³-hybridized carbons (Fsp3) is 0.368. The Morgan fingerprint density at radius 3 is 2.63 bits per heavy atom. The molecule has 8 heteroatoms. The number of nitrogens with zero attached hydrogens (tertiary/aromatic N) is 3. The number of carbonyl (C=O) groups is 3. The smallest absolute Gasteiger partial charge is 0.325 e. The van der Waals surface area contributed by atoms with Gasteiger partial charge in [0.05, 0.1) is 6.33 Å². The molecule has 0 spiro atoms. The number of benzene rings is 1. The van der Waals surface area contributed by atoms with Gasteiger partial charge in [-0.05, 0) is 26.3 Å². The van der Waals surface area contributed by atoms with Crippen molar-refractivity contribution in [3.8, 4) is 0 Å². The molecule has 0 saturated carbocycles. The number of rotatable bonds is 6. The Morgan fingerprint density at radius 1 is 1.30 bits per heavy atom. The van der Waals surface area contributed by atoms with Crippen molar-refractivity contribution in [1.82, 2.24) is 25.1 Å². The summed E-state index contributed by atoms with van der Waals surface area (Å²) >= 11 is 0. The second kappa shape index (κ2) is 7.22. The minimum absolute atomic E-state index is 0.170. The molecule has 1 aromatic carbocycles. The number of aryl methyl sites for hydroxylation is 1. The molecule has 2 N–H and O–H groups in total. The van der Waals surface area contributed by atoms with Gasteiger partial charge in [-0.1, -0.05) is 29.8 Å². The van der Waals surface area contributed by atoms with Crippen molar-refractivity contribution >= 4 is 17.8 Å². The second-order valence-corrected chi connectivity index (χ2v) is 7.04. The molecule has 1 aliphatic heterocycles. The van der Waals surface area contributed by atoms with Crippen LogP contribution < -0.4 is 10.6 Å². The second-order valence-electron chi connectivity index (χ2n) is 7.04. The molecule has 1 aliphatic rings. The molecule has 2 atom stereocenters. The van der Waals surface area contributed by atoms with E-state index in [4.69, 9.17) is 0 Å². The van der Waals surface area contributed by atoms with E-state index in [0.29, 0.717) is 12.1 Å². The van der Waals surface area contributed by atoms with Crippen LogP contribution in [0.2, 0.25) is 0 Å². The molecule has 8 nitrogen and oxygen atoms in total. The summed E-state index contributed by atoms with van der Waals surface area (Å²) in [6.07, 6.45) is 5.12. The zero-order valence-electron chi connectivity index (χ0n) is 15.6. The zero-order chi connectivity index (χ0) is 19.6. The minimum Gasteiger partial charge on any atom is -0.350 e. The highest BCUT2D eigenvalue weighted by Crippen LogP contribution is 2.28. The Kier molecular flexibility index (Phi) is 4.98. The van der Waals surface area contributed by atoms with Crippen LogP contribution in [0.1, 0.15) is 25.0 Å². The molecular weight excluding hydrogens is 346 g/mol. The first-order valence-corrected chi connectivity index (χ1v) is 8.76. The van der Waals surface area contributed by atoms with Gasteiger partial charge in [0.15, 0.2) is 0 Å². The average molecular weight is 369 g/mol. The lowest BCUT2D eigenvalue weighted by Crippen LogP contribution is -2.45. The lowest BCUT2D eigenvalue weighted by Gasteiger charge is -2.22. The maximum atomic E-state index is 12.9. The summed E-state index contributed by atoms with van der Waals surface area (Å²) in [5.74, 6) is -0.826. The summed E-state index contributed by atoms with van der Waals surface area (Å²) in [7, 11) is 0. The number of urea groups is 1. The van der Waals surface area contributed by atoms with E-state index in [1.54, 1.807) is 25.6 Å². The predicted molar refractivity (Wildman–Crippen MR) is 98.6 cm³/mol. The van der Waals surface area contributed by atoms with Gasteiger partial charge in [0.2, 0.25) is 5.91 Å². The Bertz CT molecular complexity index is 847. The highest BCUT2D eigenvalue weighted by Gasteiger charge is 2.49. The molecular formula is C19H23N5O3. The van der Waals surface area contributed by atoms with Crippen LogP contribution in [0.5, 0.6) is 0 Å². The van der Waals surface area contributed by atoms with Crippen molar-refractivity contribution in [2.75, 3.05) is 6.54 Å². The average Bonchev–Trinajstić information content (AvgIpc) is 3.18. The van der Waals surface area contributed by atoms with Gasteiger partial charge in [0.1, 0.15) is 12.1 Å². The molecule has 0 radical (unpaired) electrons. The van der Waals surface area contributed by atoms with Crippen molar-refractivity contribution in [3.63, 3.8) is 0 Å². The van der Waals surface area contributed by atoms with Crippen molar-refractivity contribution in [1.29, 1.82) is 0 Å². The first-order chi connectivity index (χ1) is 12.8. The van der Waals surface area contributed by atoms with Crippen molar-refractivity contribution in [3.05, 3.63) is 54.1 Å². The molecule has 0 bridgehead atoms. The van der Waals surface area contributed by atoms with Gasteiger partial charge in [-0.2, -0.15) is 0 Å². The van der Waals surface area contributed by atoms with Gasteiger partial charge >= 0.3 is 6.03 Å². The number of amides is 4. The van der Waals surface area contributed by atoms with Gasteiger partial charge in [0.25, 0.3) is 5.91 Å². The Morgan fingerprint density at radius 2 is 2.00 bits per heavy atom. The summed E-state index contributed by atoms with van der Waals surface area (Å²) in [5.41, 5.74) is 0.568. The largest absolute Gasteiger partial charge is 0.350 e. The molecule has 2 unspecified atom stereocenters. The number of imidazole rings is 1. The van der Waals surface area contributed by atoms with Crippen LogP contribution in [-0.2, 0) is 21.7 Å². The van der Waals surface area contributed by atoms with E-state index in [9.17, 15) is 14.4 Å². The number of imide groups is 1. The van der Waals surface area contributed by atoms with Gasteiger partial charge < -0.3 is 15.2 Å². The van der Waals surface area contributed by atoms with Crippen LogP contribution in [0.3, 0.4) is 0 Å². The molecule has 1 fully saturated rings. The van der Waals surface area contributed by atoms with Crippen LogP contribution >= 0.6 is 0 Å². The van der Waals surface area contributed by atoms with Gasteiger partial charge in [-0.15, -0.1) is 0 Å². The monoisotopic (exact) mass is 369 g/mol. The number of aromatic nitrogens is 2. The van der Waals surface area contributed by atoms with Crippen LogP contribution in [0.4, 0.5) is 4.79 Å². The van der Waals surface area contributed by atoms with Crippen molar-refractivity contribution in [2.24, 2.45) is 0 Å². The maximum absolute atomic E-state index is 12.9. The molecule has 3 rings (SSSR count). The summed E-state index contributed by atoms with van der Waals surface area (Å²) < 4.78 is 1.84. The van der Waals surface area contributed by atoms with E-state index in [1.807, 2.05) is 42.7 Å². The van der Waals surface area contributed by atoms with Crippen molar-refractivity contribution < 1.29 is 14.4 Å². The highest BCUT2D eigenvalue weighted by atomic mass is 16.2. The third kappa shape index (κ3) is 3.84. The standard InChI is InChI=1S/C19H23N5O3/c1-13-4-6-15(7-5-13)19(3)17(26)24(18(27)22-19)11-16(25)21-14(2)10-23-9-8-20-12-23/h4-9,12,14H,10-11H2,1-3H3,(H,21,25)(H,22,27). The number of nitrogens with one attached hydrogen (secondary N) is 2. The Labute approximate surface area is 157 Å². The SMILES string of the molecule is Cc1ccc(C2(C)NC(=O)N(CC(=O)NC(C)Cn3ccnc3)C2=O)cc1. The van der Waals surface area contributed by atoms with E-state index >= 15 is 0 Å². The van der Waals surface area contributed by atoms with Crippen LogP contribution in [-0.4, -0.2) is 44.9 Å². The summed E-state index contributed by atoms with van der Waals surface area (Å²) in [6.45, 7) is 5.67. The summed E-state index contributed by atoms with van der Waals surface area (Å²) in [4.78, 5) is 42.4.